The van der Waals surface area contributed by atoms with Crippen LogP contribution in [0.3, 0.4) is 0 Å². The van der Waals surface area contributed by atoms with Gasteiger partial charge in [0.1, 0.15) is 0 Å². The summed E-state index contributed by atoms with van der Waals surface area (Å²) in [7, 11) is 0. The summed E-state index contributed by atoms with van der Waals surface area (Å²) in [6, 6.07) is 6.88. The third-order valence-electron chi connectivity index (χ3n) is 2.91. The van der Waals surface area contributed by atoms with E-state index in [1.807, 2.05) is 6.20 Å². The van der Waals surface area contributed by atoms with E-state index >= 15 is 0 Å². The molecular formula is C11H14N4. The standard InChI is InChI=1S/C11H14N4/c1-2-10-9(6-14-15-10)5-8(1)11-7-12-3-4-13-11/h1-2,5-6,11-13H,3-4,7H2,(H,14,15). The minimum absolute atomic E-state index is 0.429. The average molecular weight is 202 g/mol. The minimum Gasteiger partial charge on any atom is -0.314 e. The molecule has 1 aromatic heterocycles. The second-order valence-corrected chi connectivity index (χ2v) is 3.93. The van der Waals surface area contributed by atoms with E-state index < -0.39 is 0 Å². The van der Waals surface area contributed by atoms with Crippen molar-refractivity contribution in [3.05, 3.63) is 30.0 Å². The van der Waals surface area contributed by atoms with E-state index in [4.69, 9.17) is 0 Å². The van der Waals surface area contributed by atoms with Gasteiger partial charge in [-0.1, -0.05) is 6.07 Å². The summed E-state index contributed by atoms with van der Waals surface area (Å²) in [5, 5.41) is 15.1. The van der Waals surface area contributed by atoms with Crippen molar-refractivity contribution in [3.63, 3.8) is 0 Å². The second-order valence-electron chi connectivity index (χ2n) is 3.93. The molecule has 1 aromatic carbocycles. The molecule has 0 bridgehead atoms. The van der Waals surface area contributed by atoms with Gasteiger partial charge < -0.3 is 10.6 Å². The van der Waals surface area contributed by atoms with Crippen LogP contribution in [0.15, 0.2) is 24.4 Å². The molecule has 0 saturated carbocycles. The highest BCUT2D eigenvalue weighted by molar-refractivity contribution is 5.78. The number of piperazine rings is 1. The first kappa shape index (κ1) is 8.88. The number of H-pyrrole nitrogens is 1. The zero-order chi connectivity index (χ0) is 10.1. The van der Waals surface area contributed by atoms with Crippen LogP contribution in [0.5, 0.6) is 0 Å². The van der Waals surface area contributed by atoms with Crippen molar-refractivity contribution in [3.8, 4) is 0 Å². The van der Waals surface area contributed by atoms with E-state index in [0.717, 1.165) is 25.2 Å². The molecule has 2 aromatic rings. The van der Waals surface area contributed by atoms with Gasteiger partial charge in [0.2, 0.25) is 0 Å². The number of fused-ring (bicyclic) bond motifs is 1. The van der Waals surface area contributed by atoms with Crippen molar-refractivity contribution in [1.29, 1.82) is 0 Å². The smallest absolute Gasteiger partial charge is 0.0650 e. The van der Waals surface area contributed by atoms with Gasteiger partial charge >= 0.3 is 0 Å². The molecule has 1 fully saturated rings. The fourth-order valence-electron chi connectivity index (χ4n) is 2.07. The van der Waals surface area contributed by atoms with Gasteiger partial charge in [0.15, 0.2) is 0 Å². The van der Waals surface area contributed by atoms with E-state index in [0.29, 0.717) is 6.04 Å². The number of benzene rings is 1. The van der Waals surface area contributed by atoms with Crippen LogP contribution >= 0.6 is 0 Å². The van der Waals surface area contributed by atoms with Gasteiger partial charge in [0.05, 0.1) is 11.7 Å². The van der Waals surface area contributed by atoms with Gasteiger partial charge in [-0.05, 0) is 17.7 Å². The summed E-state index contributed by atoms with van der Waals surface area (Å²) in [5.41, 5.74) is 2.43. The number of aromatic nitrogens is 2. The molecule has 4 nitrogen and oxygen atoms in total. The average Bonchev–Trinajstić information content (AvgIpc) is 2.77. The minimum atomic E-state index is 0.429. The molecule has 0 radical (unpaired) electrons. The van der Waals surface area contributed by atoms with Crippen LogP contribution in [0, 0.1) is 0 Å². The molecule has 1 atom stereocenters. The Hall–Kier alpha value is -1.39. The maximum absolute atomic E-state index is 4.03. The van der Waals surface area contributed by atoms with Gasteiger partial charge in [0, 0.05) is 31.1 Å². The SMILES string of the molecule is c1cc2[nH]ncc2cc1C1CNCCN1. The molecule has 4 heteroatoms. The van der Waals surface area contributed by atoms with Crippen molar-refractivity contribution in [2.24, 2.45) is 0 Å². The molecule has 0 aliphatic carbocycles. The van der Waals surface area contributed by atoms with Crippen molar-refractivity contribution in [2.75, 3.05) is 19.6 Å². The fraction of sp³-hybridized carbons (Fsp3) is 0.364. The van der Waals surface area contributed by atoms with E-state index in [9.17, 15) is 0 Å². The van der Waals surface area contributed by atoms with Gasteiger partial charge in [-0.15, -0.1) is 0 Å². The first-order valence-electron chi connectivity index (χ1n) is 5.30. The molecule has 0 amide bonds. The Kier molecular flexibility index (Phi) is 2.16. The van der Waals surface area contributed by atoms with Crippen molar-refractivity contribution >= 4 is 10.9 Å². The Morgan fingerprint density at radius 1 is 1.27 bits per heavy atom. The number of hydrogen-bond acceptors (Lipinski definition) is 3. The van der Waals surface area contributed by atoms with Gasteiger partial charge in [0.25, 0.3) is 0 Å². The Balaban J connectivity index is 1.95. The highest BCUT2D eigenvalue weighted by atomic mass is 15.1. The van der Waals surface area contributed by atoms with Crippen molar-refractivity contribution in [1.82, 2.24) is 20.8 Å². The lowest BCUT2D eigenvalue weighted by Crippen LogP contribution is -2.42. The Morgan fingerprint density at radius 2 is 2.27 bits per heavy atom. The van der Waals surface area contributed by atoms with Gasteiger partial charge in [-0.2, -0.15) is 5.10 Å². The van der Waals surface area contributed by atoms with Crippen molar-refractivity contribution < 1.29 is 0 Å². The molecule has 1 aliphatic rings. The molecule has 2 heterocycles. The van der Waals surface area contributed by atoms with Gasteiger partial charge in [-0.3, -0.25) is 5.10 Å². The third-order valence-corrected chi connectivity index (χ3v) is 2.91. The van der Waals surface area contributed by atoms with Crippen LogP contribution < -0.4 is 10.6 Å². The van der Waals surface area contributed by atoms with Crippen molar-refractivity contribution in [2.45, 2.75) is 6.04 Å². The van der Waals surface area contributed by atoms with E-state index in [1.165, 1.54) is 10.9 Å². The molecule has 0 spiro atoms. The molecule has 1 unspecified atom stereocenters. The topological polar surface area (TPSA) is 52.7 Å². The first-order chi connectivity index (χ1) is 7.43. The maximum atomic E-state index is 4.03. The largest absolute Gasteiger partial charge is 0.314 e. The normalized spacial score (nSPS) is 22.0. The van der Waals surface area contributed by atoms with E-state index in [1.54, 1.807) is 0 Å². The number of hydrogen-bond donors (Lipinski definition) is 3. The van der Waals surface area contributed by atoms with Crippen LogP contribution in [0.1, 0.15) is 11.6 Å². The lowest BCUT2D eigenvalue weighted by molar-refractivity contribution is 0.430. The summed E-state index contributed by atoms with van der Waals surface area (Å²) in [6.45, 7) is 3.10. The lowest BCUT2D eigenvalue weighted by atomic mass is 10.0. The summed E-state index contributed by atoms with van der Waals surface area (Å²) in [6.07, 6.45) is 1.87. The molecule has 78 valence electrons. The highest BCUT2D eigenvalue weighted by Crippen LogP contribution is 2.19. The zero-order valence-electron chi connectivity index (χ0n) is 8.46. The van der Waals surface area contributed by atoms with Crippen LogP contribution in [-0.4, -0.2) is 29.8 Å². The Bertz CT molecular complexity index is 456. The zero-order valence-corrected chi connectivity index (χ0v) is 8.46. The predicted molar refractivity (Wildman–Crippen MR) is 59.7 cm³/mol. The molecule has 1 saturated heterocycles. The number of nitrogens with zero attached hydrogens (tertiary/aromatic N) is 1. The van der Waals surface area contributed by atoms with E-state index in [2.05, 4.69) is 39.0 Å². The van der Waals surface area contributed by atoms with Crippen LogP contribution in [0.25, 0.3) is 10.9 Å². The predicted octanol–water partition coefficient (Wildman–Crippen LogP) is 0.797. The third kappa shape index (κ3) is 1.62. The summed E-state index contributed by atoms with van der Waals surface area (Å²) < 4.78 is 0. The molecule has 3 rings (SSSR count). The highest BCUT2D eigenvalue weighted by Gasteiger charge is 2.14. The Labute approximate surface area is 88.1 Å². The number of rotatable bonds is 1. The molecule has 1 aliphatic heterocycles. The van der Waals surface area contributed by atoms with Crippen LogP contribution in [0.4, 0.5) is 0 Å². The van der Waals surface area contributed by atoms with Gasteiger partial charge in [-0.25, -0.2) is 0 Å². The quantitative estimate of drug-likeness (QED) is 0.641. The molecular weight excluding hydrogens is 188 g/mol. The fourth-order valence-corrected chi connectivity index (χ4v) is 2.07. The Morgan fingerprint density at radius 3 is 3.13 bits per heavy atom. The summed E-state index contributed by atoms with van der Waals surface area (Å²) >= 11 is 0. The number of nitrogens with one attached hydrogen (secondary N) is 3. The lowest BCUT2D eigenvalue weighted by Gasteiger charge is -2.24. The number of aromatic amines is 1. The molecule has 15 heavy (non-hydrogen) atoms. The summed E-state index contributed by atoms with van der Waals surface area (Å²) in [5.74, 6) is 0. The maximum Gasteiger partial charge on any atom is 0.0650 e. The monoisotopic (exact) mass is 202 g/mol. The second kappa shape index (κ2) is 3.64. The molecule has 3 N–H and O–H groups in total. The van der Waals surface area contributed by atoms with Crippen LogP contribution in [-0.2, 0) is 0 Å². The summed E-state index contributed by atoms with van der Waals surface area (Å²) in [4.78, 5) is 0. The van der Waals surface area contributed by atoms with E-state index in [-0.39, 0.29) is 0 Å². The first-order valence-corrected chi connectivity index (χ1v) is 5.30. The van der Waals surface area contributed by atoms with Crippen LogP contribution in [0.2, 0.25) is 0 Å².